The highest BCUT2D eigenvalue weighted by atomic mass is 32.1. The fourth-order valence-corrected chi connectivity index (χ4v) is 5.12. The van der Waals surface area contributed by atoms with E-state index in [1.54, 1.807) is 0 Å². The van der Waals surface area contributed by atoms with Crippen molar-refractivity contribution in [2.75, 3.05) is 6.54 Å². The molecule has 1 N–H and O–H groups in total. The van der Waals surface area contributed by atoms with Crippen molar-refractivity contribution in [1.29, 1.82) is 0 Å². The number of likely N-dealkylation sites (tertiary alicyclic amines) is 1. The molecule has 0 radical (unpaired) electrons. The molecule has 1 spiro atoms. The third kappa shape index (κ3) is 3.35. The van der Waals surface area contributed by atoms with Crippen LogP contribution >= 0.6 is 11.3 Å². The van der Waals surface area contributed by atoms with E-state index in [2.05, 4.69) is 10.1 Å². The summed E-state index contributed by atoms with van der Waals surface area (Å²) in [5.41, 5.74) is 0.407. The van der Waals surface area contributed by atoms with Crippen molar-refractivity contribution in [2.24, 2.45) is 0 Å². The number of aromatic hydroxyl groups is 1. The van der Waals surface area contributed by atoms with Crippen LogP contribution in [0.25, 0.3) is 4.96 Å². The van der Waals surface area contributed by atoms with Crippen LogP contribution in [0.5, 0.6) is 5.88 Å². The normalized spacial score (nSPS) is 20.1. The van der Waals surface area contributed by atoms with Gasteiger partial charge >= 0.3 is 6.09 Å². The Bertz CT molecular complexity index is 1120. The van der Waals surface area contributed by atoms with Gasteiger partial charge in [-0.2, -0.15) is 14.6 Å². The fraction of sp³-hybridized carbons (Fsp3) is 0.400. The van der Waals surface area contributed by atoms with Gasteiger partial charge in [-0.15, -0.1) is 0 Å². The standard InChI is InChI=1S/C20H20N4O4S/c25-15-10-16(26)24-18(21-15)29-17(22-24)14-6-9-23(20(11-14)7-8-20)19(27)28-12-13-4-2-1-3-5-13/h1-5,10,14,25H,6-9,11-12H2. The van der Waals surface area contributed by atoms with E-state index in [-0.39, 0.29) is 30.0 Å². The lowest BCUT2D eigenvalue weighted by Crippen LogP contribution is -2.47. The van der Waals surface area contributed by atoms with Crippen molar-refractivity contribution in [3.05, 3.63) is 57.3 Å². The molecule has 1 saturated carbocycles. The smallest absolute Gasteiger partial charge is 0.410 e. The number of piperidine rings is 1. The maximum Gasteiger partial charge on any atom is 0.410 e. The highest BCUT2D eigenvalue weighted by molar-refractivity contribution is 7.16. The number of rotatable bonds is 3. The second-order valence-corrected chi connectivity index (χ2v) is 8.68. The number of ether oxygens (including phenoxy) is 1. The van der Waals surface area contributed by atoms with Crippen molar-refractivity contribution in [2.45, 2.75) is 43.7 Å². The molecular weight excluding hydrogens is 392 g/mol. The number of carbonyl (C=O) groups excluding carboxylic acids is 1. The molecule has 3 aromatic rings. The molecule has 1 amide bonds. The predicted molar refractivity (Wildman–Crippen MR) is 106 cm³/mol. The molecule has 1 atom stereocenters. The van der Waals surface area contributed by atoms with Crippen LogP contribution in [0, 0.1) is 0 Å². The molecule has 1 aliphatic heterocycles. The summed E-state index contributed by atoms with van der Waals surface area (Å²) in [5, 5.41) is 14.8. The van der Waals surface area contributed by atoms with Gasteiger partial charge in [0.2, 0.25) is 10.8 Å². The molecule has 1 aliphatic carbocycles. The summed E-state index contributed by atoms with van der Waals surface area (Å²) < 4.78 is 6.79. The van der Waals surface area contributed by atoms with Crippen LogP contribution in [0.2, 0.25) is 0 Å². The molecular formula is C20H20N4O4S. The number of nitrogens with zero attached hydrogens (tertiary/aromatic N) is 4. The van der Waals surface area contributed by atoms with Crippen molar-refractivity contribution >= 4 is 22.4 Å². The summed E-state index contributed by atoms with van der Waals surface area (Å²) in [5.74, 6) is -0.135. The largest absolute Gasteiger partial charge is 0.493 e. The molecule has 1 aromatic carbocycles. The van der Waals surface area contributed by atoms with Crippen molar-refractivity contribution in [1.82, 2.24) is 19.5 Å². The number of hydrogen-bond acceptors (Lipinski definition) is 7. The second kappa shape index (κ2) is 6.84. The number of hydrogen-bond donors (Lipinski definition) is 1. The van der Waals surface area contributed by atoms with Gasteiger partial charge in [-0.1, -0.05) is 41.7 Å². The van der Waals surface area contributed by atoms with Gasteiger partial charge in [0.25, 0.3) is 5.56 Å². The summed E-state index contributed by atoms with van der Waals surface area (Å²) in [6, 6.07) is 10.7. The van der Waals surface area contributed by atoms with Crippen LogP contribution in [-0.4, -0.2) is 42.8 Å². The molecule has 2 fully saturated rings. The lowest BCUT2D eigenvalue weighted by Gasteiger charge is -2.38. The van der Waals surface area contributed by atoms with Crippen LogP contribution in [0.15, 0.2) is 41.2 Å². The Hall–Kier alpha value is -2.94. The number of fused-ring (bicyclic) bond motifs is 1. The van der Waals surface area contributed by atoms with Crippen LogP contribution in [0.4, 0.5) is 4.79 Å². The Morgan fingerprint density at radius 3 is 2.86 bits per heavy atom. The number of benzene rings is 1. The zero-order valence-corrected chi connectivity index (χ0v) is 16.5. The van der Waals surface area contributed by atoms with E-state index >= 15 is 0 Å². The van der Waals surface area contributed by atoms with Gasteiger partial charge in [0, 0.05) is 18.0 Å². The van der Waals surface area contributed by atoms with Crippen LogP contribution < -0.4 is 5.56 Å². The summed E-state index contributed by atoms with van der Waals surface area (Å²) >= 11 is 1.32. The topological polar surface area (TPSA) is 97.0 Å². The van der Waals surface area contributed by atoms with Gasteiger partial charge in [-0.05, 0) is 31.2 Å². The lowest BCUT2D eigenvalue weighted by molar-refractivity contribution is 0.0567. The zero-order valence-electron chi connectivity index (χ0n) is 15.7. The quantitative estimate of drug-likeness (QED) is 0.710. The molecule has 1 saturated heterocycles. The van der Waals surface area contributed by atoms with Crippen molar-refractivity contribution in [3.8, 4) is 5.88 Å². The first-order valence-corrected chi connectivity index (χ1v) is 10.4. The van der Waals surface area contributed by atoms with Gasteiger partial charge in [0.1, 0.15) is 11.6 Å². The minimum atomic E-state index is -0.391. The van der Waals surface area contributed by atoms with E-state index in [9.17, 15) is 14.7 Å². The third-order valence-electron chi connectivity index (χ3n) is 5.75. The molecule has 9 heteroatoms. The Kier molecular flexibility index (Phi) is 4.27. The van der Waals surface area contributed by atoms with E-state index in [1.165, 1.54) is 15.9 Å². The summed E-state index contributed by atoms with van der Waals surface area (Å²) in [6.07, 6.45) is 3.19. The molecule has 150 valence electrons. The molecule has 3 heterocycles. The Morgan fingerprint density at radius 2 is 2.10 bits per heavy atom. The Balaban J connectivity index is 1.30. The average molecular weight is 412 g/mol. The van der Waals surface area contributed by atoms with Gasteiger partial charge in [0.15, 0.2) is 0 Å². The minimum absolute atomic E-state index is 0.156. The van der Waals surface area contributed by atoms with E-state index in [0.717, 1.165) is 42.3 Å². The van der Waals surface area contributed by atoms with Crippen molar-refractivity contribution < 1.29 is 14.6 Å². The highest BCUT2D eigenvalue weighted by Crippen LogP contribution is 2.52. The first-order valence-electron chi connectivity index (χ1n) is 9.62. The van der Waals surface area contributed by atoms with E-state index in [0.29, 0.717) is 11.5 Å². The number of carbonyl (C=O) groups is 1. The molecule has 29 heavy (non-hydrogen) atoms. The van der Waals surface area contributed by atoms with Crippen LogP contribution in [0.3, 0.4) is 0 Å². The van der Waals surface area contributed by atoms with E-state index in [1.807, 2.05) is 35.2 Å². The molecule has 0 bridgehead atoms. The number of amides is 1. The molecule has 1 unspecified atom stereocenters. The van der Waals surface area contributed by atoms with Gasteiger partial charge < -0.3 is 14.7 Å². The number of aromatic nitrogens is 3. The summed E-state index contributed by atoms with van der Waals surface area (Å²) in [7, 11) is 0. The molecule has 2 aromatic heterocycles. The van der Waals surface area contributed by atoms with Crippen LogP contribution in [-0.2, 0) is 11.3 Å². The maximum absolute atomic E-state index is 12.7. The highest BCUT2D eigenvalue weighted by Gasteiger charge is 2.54. The van der Waals surface area contributed by atoms with E-state index < -0.39 is 5.56 Å². The monoisotopic (exact) mass is 412 g/mol. The average Bonchev–Trinajstić information content (AvgIpc) is 3.33. The minimum Gasteiger partial charge on any atom is -0.493 e. The van der Waals surface area contributed by atoms with Crippen molar-refractivity contribution in [3.63, 3.8) is 0 Å². The Labute approximate surface area is 170 Å². The summed E-state index contributed by atoms with van der Waals surface area (Å²) in [6.45, 7) is 0.868. The SMILES string of the molecule is O=C(OCc1ccccc1)N1CCC(c2nn3c(=O)cc(O)nc3s2)CC12CC2. The maximum atomic E-state index is 12.7. The Morgan fingerprint density at radius 1 is 1.31 bits per heavy atom. The van der Waals surface area contributed by atoms with Gasteiger partial charge in [-0.3, -0.25) is 4.79 Å². The third-order valence-corrected chi connectivity index (χ3v) is 6.82. The molecule has 8 nitrogen and oxygen atoms in total. The second-order valence-electron chi connectivity index (χ2n) is 7.69. The molecule has 2 aliphatic rings. The van der Waals surface area contributed by atoms with Crippen LogP contribution in [0.1, 0.15) is 42.2 Å². The fourth-order valence-electron chi connectivity index (χ4n) is 4.08. The predicted octanol–water partition coefficient (Wildman–Crippen LogP) is 2.91. The van der Waals surface area contributed by atoms with E-state index in [4.69, 9.17) is 4.74 Å². The summed E-state index contributed by atoms with van der Waals surface area (Å²) in [4.78, 5) is 31.0. The first kappa shape index (κ1) is 18.1. The zero-order chi connectivity index (χ0) is 20.0. The lowest BCUT2D eigenvalue weighted by atomic mass is 9.90. The van der Waals surface area contributed by atoms with Gasteiger partial charge in [0.05, 0.1) is 6.07 Å². The first-order chi connectivity index (χ1) is 14.0. The van der Waals surface area contributed by atoms with Gasteiger partial charge in [-0.25, -0.2) is 4.79 Å². The molecule has 5 rings (SSSR count).